The molecule has 2 nitrogen and oxygen atoms in total. The highest BCUT2D eigenvalue weighted by atomic mass is 16.3. The van der Waals surface area contributed by atoms with Crippen molar-refractivity contribution in [3.8, 4) is 22.3 Å². The third-order valence-corrected chi connectivity index (χ3v) is 8.06. The van der Waals surface area contributed by atoms with Gasteiger partial charge in [-0.1, -0.05) is 115 Å². The fourth-order valence-corrected chi connectivity index (χ4v) is 6.07. The van der Waals surface area contributed by atoms with E-state index in [1.54, 1.807) is 0 Å². The van der Waals surface area contributed by atoms with Crippen LogP contribution in [0.3, 0.4) is 0 Å². The molecule has 0 radical (unpaired) electrons. The van der Waals surface area contributed by atoms with Crippen LogP contribution in [0.4, 0.5) is 17.1 Å². The van der Waals surface area contributed by atoms with Gasteiger partial charge in [-0.05, 0) is 76.2 Å². The second-order valence-electron chi connectivity index (χ2n) is 10.6. The minimum absolute atomic E-state index is 0.911. The zero-order valence-corrected chi connectivity index (χ0v) is 22.9. The first-order valence-corrected chi connectivity index (χ1v) is 14.3. The Labute approximate surface area is 244 Å². The molecule has 0 bridgehead atoms. The lowest BCUT2D eigenvalue weighted by atomic mass is 9.94. The van der Waals surface area contributed by atoms with Crippen LogP contribution in [-0.2, 0) is 0 Å². The summed E-state index contributed by atoms with van der Waals surface area (Å²) in [5.41, 5.74) is 10.0. The Kier molecular flexibility index (Phi) is 5.82. The Hall–Kier alpha value is -5.60. The van der Waals surface area contributed by atoms with E-state index in [0.29, 0.717) is 0 Å². The van der Waals surface area contributed by atoms with Crippen LogP contribution in [-0.4, -0.2) is 0 Å². The van der Waals surface area contributed by atoms with E-state index in [9.17, 15) is 0 Å². The number of furan rings is 1. The molecule has 0 spiro atoms. The SMILES string of the molecule is c1ccc(-c2ccccc2-c2ccc(N(c3ccccc3)c3cccc4cc5oc6ccccc6c5cc34)cc2)cc1. The van der Waals surface area contributed by atoms with E-state index in [2.05, 4.69) is 157 Å². The summed E-state index contributed by atoms with van der Waals surface area (Å²) in [6.45, 7) is 0. The number of anilines is 3. The van der Waals surface area contributed by atoms with Gasteiger partial charge in [-0.3, -0.25) is 0 Å². The molecule has 8 rings (SSSR count). The lowest BCUT2D eigenvalue weighted by molar-refractivity contribution is 0.669. The van der Waals surface area contributed by atoms with E-state index in [1.807, 2.05) is 12.1 Å². The molecular formula is C40H27NO. The van der Waals surface area contributed by atoms with Crippen molar-refractivity contribution in [2.24, 2.45) is 0 Å². The maximum Gasteiger partial charge on any atom is 0.136 e. The van der Waals surface area contributed by atoms with Gasteiger partial charge < -0.3 is 9.32 Å². The molecule has 0 N–H and O–H groups in total. The number of para-hydroxylation sites is 2. The van der Waals surface area contributed by atoms with Gasteiger partial charge in [0, 0.05) is 27.5 Å². The Morgan fingerprint density at radius 1 is 0.381 bits per heavy atom. The number of nitrogens with zero attached hydrogens (tertiary/aromatic N) is 1. The van der Waals surface area contributed by atoms with Gasteiger partial charge in [0.05, 0.1) is 5.69 Å². The monoisotopic (exact) mass is 537 g/mol. The lowest BCUT2D eigenvalue weighted by Gasteiger charge is -2.27. The number of fused-ring (bicyclic) bond motifs is 4. The zero-order chi connectivity index (χ0) is 27.9. The Balaban J connectivity index is 1.29. The highest BCUT2D eigenvalue weighted by Crippen LogP contribution is 2.42. The second kappa shape index (κ2) is 10.1. The van der Waals surface area contributed by atoms with Crippen molar-refractivity contribution in [2.75, 3.05) is 4.90 Å². The van der Waals surface area contributed by atoms with Crippen molar-refractivity contribution in [2.45, 2.75) is 0 Å². The molecule has 8 aromatic rings. The summed E-state index contributed by atoms with van der Waals surface area (Å²) >= 11 is 0. The van der Waals surface area contributed by atoms with Crippen molar-refractivity contribution in [3.63, 3.8) is 0 Å². The number of hydrogen-bond donors (Lipinski definition) is 0. The van der Waals surface area contributed by atoms with Crippen LogP contribution in [0, 0.1) is 0 Å². The topological polar surface area (TPSA) is 16.4 Å². The molecule has 7 aromatic carbocycles. The third kappa shape index (κ3) is 4.13. The minimum atomic E-state index is 0.911. The van der Waals surface area contributed by atoms with Crippen LogP contribution in [0.15, 0.2) is 168 Å². The molecule has 1 aromatic heterocycles. The zero-order valence-electron chi connectivity index (χ0n) is 22.9. The average Bonchev–Trinajstić information content (AvgIpc) is 3.43. The molecule has 2 heteroatoms. The highest BCUT2D eigenvalue weighted by molar-refractivity contribution is 6.13. The van der Waals surface area contributed by atoms with E-state index < -0.39 is 0 Å². The van der Waals surface area contributed by atoms with E-state index in [4.69, 9.17) is 4.42 Å². The molecule has 0 saturated carbocycles. The van der Waals surface area contributed by atoms with Gasteiger partial charge in [0.25, 0.3) is 0 Å². The van der Waals surface area contributed by atoms with Crippen LogP contribution in [0.5, 0.6) is 0 Å². The molecule has 0 saturated heterocycles. The first kappa shape index (κ1) is 24.2. The molecule has 0 unspecified atom stereocenters. The Morgan fingerprint density at radius 2 is 1.00 bits per heavy atom. The summed E-state index contributed by atoms with van der Waals surface area (Å²) < 4.78 is 6.21. The molecular weight excluding hydrogens is 510 g/mol. The molecule has 0 aliphatic rings. The van der Waals surface area contributed by atoms with Crippen molar-refractivity contribution in [1.29, 1.82) is 0 Å². The molecule has 0 aliphatic carbocycles. The van der Waals surface area contributed by atoms with Crippen molar-refractivity contribution < 1.29 is 4.42 Å². The van der Waals surface area contributed by atoms with Crippen molar-refractivity contribution in [3.05, 3.63) is 164 Å². The van der Waals surface area contributed by atoms with Gasteiger partial charge >= 0.3 is 0 Å². The van der Waals surface area contributed by atoms with E-state index in [1.165, 1.54) is 27.6 Å². The normalized spacial score (nSPS) is 11.3. The number of hydrogen-bond acceptors (Lipinski definition) is 2. The minimum Gasteiger partial charge on any atom is -0.456 e. The summed E-state index contributed by atoms with van der Waals surface area (Å²) in [5.74, 6) is 0. The van der Waals surface area contributed by atoms with E-state index >= 15 is 0 Å². The molecule has 198 valence electrons. The van der Waals surface area contributed by atoms with Crippen LogP contribution in [0.25, 0.3) is 55.0 Å². The molecule has 0 aliphatic heterocycles. The maximum atomic E-state index is 6.21. The van der Waals surface area contributed by atoms with Gasteiger partial charge in [-0.25, -0.2) is 0 Å². The lowest BCUT2D eigenvalue weighted by Crippen LogP contribution is -2.10. The maximum absolute atomic E-state index is 6.21. The number of rotatable bonds is 5. The van der Waals surface area contributed by atoms with Gasteiger partial charge in [0.1, 0.15) is 11.2 Å². The average molecular weight is 538 g/mol. The van der Waals surface area contributed by atoms with Crippen LogP contribution in [0.1, 0.15) is 0 Å². The second-order valence-corrected chi connectivity index (χ2v) is 10.6. The van der Waals surface area contributed by atoms with Gasteiger partial charge in [-0.2, -0.15) is 0 Å². The van der Waals surface area contributed by atoms with Gasteiger partial charge in [0.15, 0.2) is 0 Å². The summed E-state index contributed by atoms with van der Waals surface area (Å²) in [5, 5.41) is 4.59. The standard InChI is InChI=1S/C40H27NO/c1-3-12-28(13-4-1)33-17-7-8-18-34(33)29-22-24-32(25-23-29)41(31-15-5-2-6-16-31)38-20-11-14-30-26-40-37(27-36(30)38)35-19-9-10-21-39(35)42-40/h1-27H. The predicted molar refractivity (Wildman–Crippen MR) is 177 cm³/mol. The Bertz CT molecular complexity index is 2180. The smallest absolute Gasteiger partial charge is 0.136 e. The van der Waals surface area contributed by atoms with Crippen molar-refractivity contribution in [1.82, 2.24) is 0 Å². The van der Waals surface area contributed by atoms with Crippen LogP contribution >= 0.6 is 0 Å². The largest absolute Gasteiger partial charge is 0.456 e. The van der Waals surface area contributed by atoms with Crippen LogP contribution < -0.4 is 4.90 Å². The predicted octanol–water partition coefficient (Wildman–Crippen LogP) is 11.5. The molecule has 0 amide bonds. The van der Waals surface area contributed by atoms with Gasteiger partial charge in [-0.15, -0.1) is 0 Å². The molecule has 42 heavy (non-hydrogen) atoms. The Morgan fingerprint density at radius 3 is 1.76 bits per heavy atom. The highest BCUT2D eigenvalue weighted by Gasteiger charge is 2.17. The third-order valence-electron chi connectivity index (χ3n) is 8.06. The van der Waals surface area contributed by atoms with Gasteiger partial charge in [0.2, 0.25) is 0 Å². The van der Waals surface area contributed by atoms with E-state index in [-0.39, 0.29) is 0 Å². The summed E-state index contributed by atoms with van der Waals surface area (Å²) in [6.07, 6.45) is 0. The fourth-order valence-electron chi connectivity index (χ4n) is 6.07. The quantitative estimate of drug-likeness (QED) is 0.217. The number of benzene rings is 7. The molecule has 0 fully saturated rings. The van der Waals surface area contributed by atoms with E-state index in [0.717, 1.165) is 44.4 Å². The summed E-state index contributed by atoms with van der Waals surface area (Å²) in [6, 6.07) is 58.0. The fraction of sp³-hybridized carbons (Fsp3) is 0. The first-order chi connectivity index (χ1) is 20.8. The summed E-state index contributed by atoms with van der Waals surface area (Å²) in [7, 11) is 0. The van der Waals surface area contributed by atoms with Crippen LogP contribution in [0.2, 0.25) is 0 Å². The molecule has 0 atom stereocenters. The van der Waals surface area contributed by atoms with Crippen molar-refractivity contribution >= 4 is 49.8 Å². The summed E-state index contributed by atoms with van der Waals surface area (Å²) in [4.78, 5) is 2.35. The molecule has 1 heterocycles. The first-order valence-electron chi connectivity index (χ1n) is 14.3.